The van der Waals surface area contributed by atoms with E-state index in [1.54, 1.807) is 129 Å². The molecule has 14 N–H and O–H groups in total. The van der Waals surface area contributed by atoms with Crippen LogP contribution < -0.4 is 74.4 Å². The molecular weight excluding hydrogens is 1840 g/mol. The number of anilines is 10. The van der Waals surface area contributed by atoms with Gasteiger partial charge in [-0.05, 0) is 255 Å². The number of rotatable bonds is 26. The summed E-state index contributed by atoms with van der Waals surface area (Å²) >= 11 is 0. The monoisotopic (exact) mass is 1990 g/mol. The number of nitrogens with zero attached hydrogens (tertiary/aromatic N) is 9. The number of likely N-dealkylation sites (tertiary alicyclic amines) is 2. The van der Waals surface area contributed by atoms with Crippen molar-refractivity contribution >= 4 is 116 Å². The highest BCUT2D eigenvalue weighted by Gasteiger charge is 2.31. The Morgan fingerprint density at radius 1 is 0.379 bits per heavy atom. The first-order valence-corrected chi connectivity index (χ1v) is 48.9. The van der Waals surface area contributed by atoms with Crippen molar-refractivity contribution in [3.05, 3.63) is 279 Å². The number of nitrogens with one attached hydrogen (secondary N) is 14. The number of carbonyl (C=O) groups is 10. The number of hydrogen-bond acceptors (Lipinski definition) is 24. The zero-order valence-corrected chi connectivity index (χ0v) is 88.1. The second-order valence-corrected chi connectivity index (χ2v) is 34.9. The molecule has 10 amide bonds. The number of aryl methyl sites for hydroxylation is 2. The molecule has 0 spiro atoms. The van der Waals surface area contributed by atoms with Crippen LogP contribution in [0.5, 0.6) is 0 Å². The Morgan fingerprint density at radius 3 is 1.14 bits per heavy atom. The van der Waals surface area contributed by atoms with Crippen molar-refractivity contribution in [2.75, 3.05) is 225 Å². The number of halogens is 1. The summed E-state index contributed by atoms with van der Waals surface area (Å²) in [6, 6.07) is 62.1. The lowest BCUT2D eigenvalue weighted by Gasteiger charge is -2.27. The van der Waals surface area contributed by atoms with Crippen LogP contribution in [-0.2, 0) is 4.74 Å². The SMILES string of the molecule is CCC(C)NC(=O)c1cccc(NC)c1.CNC(=O)c1cc(C)cc(NC)c1.CNc1cc(C(=O)N(C)C)ccn1.CNc1cc(C(=O)N2CCCC2)ccn1.CNc1cc(C(=O)N2CCOCC2)cc(C)n1.CNc1cccc(C(=O)N(C)C)c1.CNc1cccc(C(=O)N(C)C2CC2)c1.CNc1cccc(C(=O)N2CCCC2)c1.CNc1cccc(C(=O)NC2CC2)c1.CNc1cccc(C(=O)NCC(C)F)c1. The van der Waals surface area contributed by atoms with Crippen LogP contribution in [0, 0.1) is 13.8 Å². The van der Waals surface area contributed by atoms with Crippen molar-refractivity contribution in [2.45, 2.75) is 117 Å². The summed E-state index contributed by atoms with van der Waals surface area (Å²) in [6.07, 6.45) is 12.2. The standard InChI is InChI=1S/C12H17N3O2.2C12H16N2O.C12H18N2O.C11H15FN2O.C11H15N3O.C11H14N2O.2C10H14N2O.C9H13N3O/c1-9-7-10(8-11(13-2)14-9)12(16)15-3-5-17-6-4-15;1-13-10-5-3-4-9(8-10)12(15)14(2)11-6-7-11;1-13-11-6-4-5-10(9-11)12(15)14-7-2-3-8-14;1-4-9(2)14-12(15)10-6-5-7-11(8-10)13-3;1-8(12)7-14-11(15)9-4-3-5-10(6-9)13-2;1-12-10-8-9(4-5-13-10)11(15)14-6-2-3-7-14;1-12-10-4-2-3-8(7-10)11(14)13-9-5-6-9;1-7-4-8(10(13)12-3)6-9(5-7)11-2;1-11-9-6-4-5-8(7-9)10(13)12(2)3;1-10-8-6-7(4-5-11-8)9(13)12(2)3/h7-8H,3-6H2,1-2H3,(H,13,14);3-5,8,11,13H,6-7H2,1-2H3;4-6,9,13H,2-3,7-8H2,1H3;5-9,13H,4H2,1-3H3,(H,14,15);3-6,8,13H,7H2,1-2H3,(H,14,15);4-5,8H,2-3,6-7H2,1H3,(H,12,13);2-4,7,9,12H,5-6H2,1H3,(H,13,14);4-6,11H,1-3H3,(H,12,13);4-7,11H,1-3H3;4-6H,1-3H3,(H,10,11). The Hall–Kier alpha value is -15.4. The molecule has 3 aliphatic heterocycles. The number of carbonyl (C=O) groups excluding carboxylic acids is 10. The molecule has 35 heteroatoms. The van der Waals surface area contributed by atoms with Gasteiger partial charge in [-0.1, -0.05) is 43.3 Å². The normalized spacial score (nSPS) is 13.0. The van der Waals surface area contributed by atoms with Crippen LogP contribution in [0.3, 0.4) is 0 Å². The highest BCUT2D eigenvalue weighted by molar-refractivity contribution is 6.00. The van der Waals surface area contributed by atoms with Gasteiger partial charge in [0.25, 0.3) is 59.1 Å². The van der Waals surface area contributed by atoms with E-state index in [0.29, 0.717) is 77.6 Å². The lowest BCUT2D eigenvalue weighted by Crippen LogP contribution is -2.40. The van der Waals surface area contributed by atoms with Gasteiger partial charge >= 0.3 is 0 Å². The minimum Gasteiger partial charge on any atom is -0.388 e. The first kappa shape index (κ1) is 118. The van der Waals surface area contributed by atoms with Crippen molar-refractivity contribution in [1.82, 2.24) is 65.6 Å². The van der Waals surface area contributed by atoms with E-state index in [4.69, 9.17) is 4.74 Å². The number of pyridine rings is 3. The maximum absolute atomic E-state index is 12.5. The molecule has 7 aromatic carbocycles. The highest BCUT2D eigenvalue weighted by atomic mass is 19.1. The summed E-state index contributed by atoms with van der Waals surface area (Å²) in [4.78, 5) is 140. The Balaban J connectivity index is 0.000000247. The predicted molar refractivity (Wildman–Crippen MR) is 585 cm³/mol. The Morgan fingerprint density at radius 2 is 0.738 bits per heavy atom. The molecule has 6 heterocycles. The average molecular weight is 1990 g/mol. The molecule has 15 rings (SSSR count). The van der Waals surface area contributed by atoms with Crippen LogP contribution in [0.2, 0.25) is 0 Å². The van der Waals surface area contributed by atoms with Crippen molar-refractivity contribution in [1.29, 1.82) is 0 Å². The van der Waals surface area contributed by atoms with Gasteiger partial charge in [0.15, 0.2) is 0 Å². The molecule has 5 aliphatic rings. The fraction of sp³-hybridized carbons (Fsp3) is 0.391. The summed E-state index contributed by atoms with van der Waals surface area (Å²) in [5, 5.41) is 40.8. The Labute approximate surface area is 855 Å². The number of ether oxygens (including phenoxy) is 1. The maximum atomic E-state index is 12.5. The molecule has 2 unspecified atom stereocenters. The molecule has 34 nitrogen and oxygen atoms in total. The number of morpholine rings is 1. The lowest BCUT2D eigenvalue weighted by atomic mass is 10.1. The molecule has 0 bridgehead atoms. The van der Waals surface area contributed by atoms with E-state index < -0.39 is 6.17 Å². The van der Waals surface area contributed by atoms with Gasteiger partial charge in [0.1, 0.15) is 23.6 Å². The number of amides is 10. The van der Waals surface area contributed by atoms with Gasteiger partial charge in [-0.25, -0.2) is 19.3 Å². The second kappa shape index (κ2) is 63.5. The summed E-state index contributed by atoms with van der Waals surface area (Å²) in [5.74, 6) is 2.33. The van der Waals surface area contributed by atoms with Gasteiger partial charge in [-0.2, -0.15) is 0 Å². The predicted octanol–water partition coefficient (Wildman–Crippen LogP) is 15.5. The maximum Gasteiger partial charge on any atom is 0.254 e. The largest absolute Gasteiger partial charge is 0.388 e. The summed E-state index contributed by atoms with van der Waals surface area (Å²) in [6.45, 7) is 15.5. The summed E-state index contributed by atoms with van der Waals surface area (Å²) in [5.41, 5.74) is 15.5. The molecule has 3 aromatic heterocycles. The lowest BCUT2D eigenvalue weighted by molar-refractivity contribution is 0.0302. The van der Waals surface area contributed by atoms with E-state index in [9.17, 15) is 52.3 Å². The molecular formula is C110H152FN23O11. The molecule has 780 valence electrons. The van der Waals surface area contributed by atoms with Gasteiger partial charge < -0.3 is 109 Å². The highest BCUT2D eigenvalue weighted by Crippen LogP contribution is 2.28. The van der Waals surface area contributed by atoms with Gasteiger partial charge in [0.05, 0.1) is 13.2 Å². The van der Waals surface area contributed by atoms with Crippen LogP contribution in [0.25, 0.3) is 0 Å². The third-order valence-corrected chi connectivity index (χ3v) is 23.0. The number of benzene rings is 7. The topological polar surface area (TPSA) is 406 Å². The van der Waals surface area contributed by atoms with Gasteiger partial charge in [0.2, 0.25) is 0 Å². The molecule has 3 saturated heterocycles. The quantitative estimate of drug-likeness (QED) is 0.0239. The van der Waals surface area contributed by atoms with Crippen molar-refractivity contribution in [3.63, 3.8) is 0 Å². The molecule has 145 heavy (non-hydrogen) atoms. The van der Waals surface area contributed by atoms with Crippen LogP contribution in [0.15, 0.2) is 213 Å². The zero-order valence-electron chi connectivity index (χ0n) is 88.1. The molecule has 2 atom stereocenters. The first-order valence-electron chi connectivity index (χ1n) is 48.9. The summed E-state index contributed by atoms with van der Waals surface area (Å²) in [7, 11) is 28.7. The van der Waals surface area contributed by atoms with Gasteiger partial charge in [0, 0.05) is 290 Å². The van der Waals surface area contributed by atoms with Gasteiger partial charge in [-0.15, -0.1) is 0 Å². The Bertz CT molecular complexity index is 5550. The number of alkyl halides is 1. The van der Waals surface area contributed by atoms with Crippen LogP contribution in [0.1, 0.15) is 193 Å². The number of aromatic nitrogens is 3. The fourth-order valence-electron chi connectivity index (χ4n) is 14.1. The smallest absolute Gasteiger partial charge is 0.254 e. The van der Waals surface area contributed by atoms with E-state index in [0.717, 1.165) is 169 Å². The minimum absolute atomic E-state index is 0.0125. The van der Waals surface area contributed by atoms with Crippen LogP contribution in [0.4, 0.5) is 61.7 Å². The summed E-state index contributed by atoms with van der Waals surface area (Å²) < 4.78 is 17.7. The van der Waals surface area contributed by atoms with E-state index in [2.05, 4.69) is 96.3 Å². The average Bonchev–Trinajstić information content (AvgIpc) is 1.49. The van der Waals surface area contributed by atoms with Crippen LogP contribution >= 0.6 is 0 Å². The third kappa shape index (κ3) is 42.0. The molecule has 0 radical (unpaired) electrons. The zero-order chi connectivity index (χ0) is 106. The van der Waals surface area contributed by atoms with Crippen molar-refractivity contribution in [3.8, 4) is 0 Å². The van der Waals surface area contributed by atoms with E-state index in [1.165, 1.54) is 11.8 Å². The van der Waals surface area contributed by atoms with Crippen molar-refractivity contribution < 1.29 is 57.1 Å². The van der Waals surface area contributed by atoms with E-state index >= 15 is 0 Å². The Kier molecular flexibility index (Phi) is 51.8. The number of hydrogen-bond donors (Lipinski definition) is 14. The van der Waals surface area contributed by atoms with E-state index in [-0.39, 0.29) is 71.7 Å². The molecule has 10 aromatic rings. The van der Waals surface area contributed by atoms with Crippen LogP contribution in [-0.4, -0.2) is 300 Å². The molecule has 5 fully saturated rings. The molecule has 2 saturated carbocycles. The minimum atomic E-state index is -1.03. The first-order chi connectivity index (χ1) is 69.6. The second-order valence-electron chi connectivity index (χ2n) is 34.9. The third-order valence-electron chi connectivity index (χ3n) is 23.0. The molecule has 2 aliphatic carbocycles. The van der Waals surface area contributed by atoms with E-state index in [1.807, 2.05) is 241 Å². The van der Waals surface area contributed by atoms with Gasteiger partial charge in [-0.3, -0.25) is 47.9 Å². The fourth-order valence-corrected chi connectivity index (χ4v) is 14.1. The van der Waals surface area contributed by atoms with Crippen molar-refractivity contribution in [2.24, 2.45) is 0 Å².